The van der Waals surface area contributed by atoms with Gasteiger partial charge in [0.05, 0.1) is 4.90 Å². The Kier molecular flexibility index (Phi) is 7.97. The lowest BCUT2D eigenvalue weighted by atomic mass is 10.2. The van der Waals surface area contributed by atoms with Gasteiger partial charge in [-0.25, -0.2) is 13.1 Å². The van der Waals surface area contributed by atoms with Gasteiger partial charge in [0.2, 0.25) is 10.0 Å². The molecular weight excluding hydrogens is 362 g/mol. The van der Waals surface area contributed by atoms with E-state index in [1.165, 1.54) is 17.7 Å². The maximum absolute atomic E-state index is 12.3. The van der Waals surface area contributed by atoms with Crippen LogP contribution < -0.4 is 10.0 Å². The van der Waals surface area contributed by atoms with Crippen LogP contribution in [0.1, 0.15) is 29.3 Å². The van der Waals surface area contributed by atoms with Crippen LogP contribution in [0, 0.1) is 0 Å². The van der Waals surface area contributed by atoms with Gasteiger partial charge >= 0.3 is 0 Å². The van der Waals surface area contributed by atoms with Crippen molar-refractivity contribution in [2.45, 2.75) is 24.8 Å². The highest BCUT2D eigenvalue weighted by Crippen LogP contribution is 2.11. The second-order valence-electron chi connectivity index (χ2n) is 6.36. The first-order chi connectivity index (χ1) is 12.9. The van der Waals surface area contributed by atoms with Crippen molar-refractivity contribution in [3.05, 3.63) is 65.7 Å². The summed E-state index contributed by atoms with van der Waals surface area (Å²) in [6, 6.07) is 16.3. The lowest BCUT2D eigenvalue weighted by molar-refractivity contribution is 0.0951. The highest BCUT2D eigenvalue weighted by molar-refractivity contribution is 7.89. The van der Waals surface area contributed by atoms with Gasteiger partial charge in [0.1, 0.15) is 0 Å². The van der Waals surface area contributed by atoms with Crippen LogP contribution in [0.5, 0.6) is 0 Å². The Balaban J connectivity index is 1.80. The Morgan fingerprint density at radius 1 is 1.07 bits per heavy atom. The molecule has 146 valence electrons. The van der Waals surface area contributed by atoms with Crippen molar-refractivity contribution >= 4 is 15.9 Å². The van der Waals surface area contributed by atoms with Gasteiger partial charge in [-0.1, -0.05) is 43.3 Å². The fourth-order valence-electron chi connectivity index (χ4n) is 2.70. The van der Waals surface area contributed by atoms with E-state index in [1.54, 1.807) is 19.1 Å². The van der Waals surface area contributed by atoms with Crippen LogP contribution in [0.25, 0.3) is 0 Å². The zero-order valence-electron chi connectivity index (χ0n) is 15.8. The molecule has 0 heterocycles. The van der Waals surface area contributed by atoms with E-state index < -0.39 is 10.0 Å². The van der Waals surface area contributed by atoms with Gasteiger partial charge in [-0.05, 0) is 43.8 Å². The predicted molar refractivity (Wildman–Crippen MR) is 107 cm³/mol. The molecule has 2 N–H and O–H groups in total. The third-order valence-electron chi connectivity index (χ3n) is 4.04. The van der Waals surface area contributed by atoms with E-state index in [-0.39, 0.29) is 10.8 Å². The first-order valence-corrected chi connectivity index (χ1v) is 10.5. The van der Waals surface area contributed by atoms with Crippen LogP contribution in [0.2, 0.25) is 0 Å². The molecule has 2 rings (SSSR count). The van der Waals surface area contributed by atoms with Crippen LogP contribution in [0.3, 0.4) is 0 Å². The van der Waals surface area contributed by atoms with Crippen molar-refractivity contribution in [3.63, 3.8) is 0 Å². The molecule has 0 radical (unpaired) electrons. The topological polar surface area (TPSA) is 78.5 Å². The lowest BCUT2D eigenvalue weighted by Gasteiger charge is -2.16. The Labute approximate surface area is 161 Å². The van der Waals surface area contributed by atoms with Crippen LogP contribution in [-0.2, 0) is 16.6 Å². The maximum Gasteiger partial charge on any atom is 0.251 e. The van der Waals surface area contributed by atoms with Crippen molar-refractivity contribution in [2.75, 3.05) is 26.7 Å². The highest BCUT2D eigenvalue weighted by Gasteiger charge is 2.15. The van der Waals surface area contributed by atoms with E-state index in [9.17, 15) is 13.2 Å². The minimum Gasteiger partial charge on any atom is -0.352 e. The minimum absolute atomic E-state index is 0.0968. The molecule has 0 atom stereocenters. The van der Waals surface area contributed by atoms with Gasteiger partial charge in [0, 0.05) is 25.2 Å². The lowest BCUT2D eigenvalue weighted by Crippen LogP contribution is -2.28. The van der Waals surface area contributed by atoms with E-state index in [0.717, 1.165) is 19.5 Å². The molecule has 2 aromatic carbocycles. The molecule has 0 bridgehead atoms. The molecule has 0 aromatic heterocycles. The van der Waals surface area contributed by atoms with Gasteiger partial charge in [-0.2, -0.15) is 0 Å². The molecule has 0 saturated heterocycles. The molecule has 1 amide bonds. The second-order valence-corrected chi connectivity index (χ2v) is 8.13. The number of benzene rings is 2. The summed E-state index contributed by atoms with van der Waals surface area (Å²) in [7, 11) is -1.52. The molecule has 0 spiro atoms. The molecule has 0 unspecified atom stereocenters. The van der Waals surface area contributed by atoms with E-state index >= 15 is 0 Å². The molecule has 0 aliphatic rings. The number of carbonyl (C=O) groups is 1. The first kappa shape index (κ1) is 21.1. The van der Waals surface area contributed by atoms with Gasteiger partial charge < -0.3 is 10.2 Å². The molecule has 0 saturated carbocycles. The molecule has 0 aliphatic carbocycles. The number of amides is 1. The van der Waals surface area contributed by atoms with Crippen LogP contribution in [0.4, 0.5) is 0 Å². The summed E-state index contributed by atoms with van der Waals surface area (Å²) in [6.45, 7) is 4.25. The van der Waals surface area contributed by atoms with E-state index in [1.807, 2.05) is 25.2 Å². The number of carbonyl (C=O) groups excluding carboxylic acids is 1. The molecule has 27 heavy (non-hydrogen) atoms. The van der Waals surface area contributed by atoms with Gasteiger partial charge in [0.25, 0.3) is 5.91 Å². The van der Waals surface area contributed by atoms with Crippen molar-refractivity contribution in [2.24, 2.45) is 0 Å². The predicted octanol–water partition coefficient (Wildman–Crippen LogP) is 2.24. The fourth-order valence-corrected chi connectivity index (χ4v) is 3.79. The third-order valence-corrected chi connectivity index (χ3v) is 5.58. The number of nitrogens with zero attached hydrogens (tertiary/aromatic N) is 1. The normalized spacial score (nSPS) is 11.5. The standard InChI is InChI=1S/C20H27N3O3S/c1-3-22-27(25,26)19-12-7-11-18(15-19)20(24)21-13-8-14-23(2)16-17-9-5-4-6-10-17/h4-7,9-12,15,22H,3,8,13-14,16H2,1-2H3,(H,21,24). The quantitative estimate of drug-likeness (QED) is 0.611. The number of rotatable bonds is 10. The molecule has 2 aromatic rings. The molecule has 7 heteroatoms. The summed E-state index contributed by atoms with van der Waals surface area (Å²) in [6.07, 6.45) is 0.810. The number of hydrogen-bond acceptors (Lipinski definition) is 4. The van der Waals surface area contributed by atoms with Crippen LogP contribution >= 0.6 is 0 Å². The summed E-state index contributed by atoms with van der Waals surface area (Å²) in [5.74, 6) is -0.269. The molecule has 6 nitrogen and oxygen atoms in total. The molecule has 0 fully saturated rings. The van der Waals surface area contributed by atoms with Crippen molar-refractivity contribution in [3.8, 4) is 0 Å². The van der Waals surface area contributed by atoms with Crippen LogP contribution in [-0.4, -0.2) is 45.9 Å². The number of sulfonamides is 1. The third kappa shape index (κ3) is 6.78. The Morgan fingerprint density at radius 2 is 1.81 bits per heavy atom. The van der Waals surface area contributed by atoms with Gasteiger partial charge in [-0.3, -0.25) is 4.79 Å². The van der Waals surface area contributed by atoms with E-state index in [0.29, 0.717) is 18.7 Å². The van der Waals surface area contributed by atoms with Crippen molar-refractivity contribution < 1.29 is 13.2 Å². The van der Waals surface area contributed by atoms with Crippen molar-refractivity contribution in [1.82, 2.24) is 14.9 Å². The summed E-state index contributed by atoms with van der Waals surface area (Å²) < 4.78 is 26.5. The average Bonchev–Trinajstić information content (AvgIpc) is 2.66. The van der Waals surface area contributed by atoms with Crippen molar-refractivity contribution in [1.29, 1.82) is 0 Å². The minimum atomic E-state index is -3.57. The Hall–Kier alpha value is -2.22. The SMILES string of the molecule is CCNS(=O)(=O)c1cccc(C(=O)NCCCN(C)Cc2ccccc2)c1. The summed E-state index contributed by atoms with van der Waals surface area (Å²) in [4.78, 5) is 14.6. The summed E-state index contributed by atoms with van der Waals surface area (Å²) in [5, 5.41) is 2.85. The van der Waals surface area contributed by atoms with Gasteiger partial charge in [0.15, 0.2) is 0 Å². The summed E-state index contributed by atoms with van der Waals surface area (Å²) >= 11 is 0. The monoisotopic (exact) mass is 389 g/mol. The molecular formula is C20H27N3O3S. The highest BCUT2D eigenvalue weighted by atomic mass is 32.2. The first-order valence-electron chi connectivity index (χ1n) is 9.03. The summed E-state index contributed by atoms with van der Waals surface area (Å²) in [5.41, 5.74) is 1.59. The van der Waals surface area contributed by atoms with Crippen LogP contribution in [0.15, 0.2) is 59.5 Å². The number of hydrogen-bond donors (Lipinski definition) is 2. The largest absolute Gasteiger partial charge is 0.352 e. The number of nitrogens with one attached hydrogen (secondary N) is 2. The Bertz CT molecular complexity index is 839. The van der Waals surface area contributed by atoms with Gasteiger partial charge in [-0.15, -0.1) is 0 Å². The smallest absolute Gasteiger partial charge is 0.251 e. The zero-order chi connectivity index (χ0) is 19.7. The van der Waals surface area contributed by atoms with E-state index in [4.69, 9.17) is 0 Å². The fraction of sp³-hybridized carbons (Fsp3) is 0.350. The zero-order valence-corrected chi connectivity index (χ0v) is 16.6. The molecule has 0 aliphatic heterocycles. The Morgan fingerprint density at radius 3 is 2.52 bits per heavy atom. The maximum atomic E-state index is 12.3. The van der Waals surface area contributed by atoms with E-state index in [2.05, 4.69) is 27.1 Å². The second kappa shape index (κ2) is 10.2. The average molecular weight is 390 g/mol.